The molecule has 0 saturated heterocycles. The largest absolute Gasteiger partial charge is 0.491 e. The van der Waals surface area contributed by atoms with Crippen LogP contribution >= 0.6 is 23.4 Å². The molecule has 0 aliphatic heterocycles. The van der Waals surface area contributed by atoms with Crippen LogP contribution in [0.15, 0.2) is 35.5 Å². The standard InChI is InChI=1S/C19H20ClF3N2O2S/c1-11-5-4-6-12(2)17(11)27-9-13(3)25-16(26)10-28-18-15(20)7-14(8-24-18)19(21,22)23/h4-8,13H,9-10H2,1-3H3,(H,25,26). The molecule has 1 heterocycles. The number of aromatic nitrogens is 1. The Kier molecular flexibility index (Phi) is 7.60. The van der Waals surface area contributed by atoms with E-state index < -0.39 is 11.7 Å². The van der Waals surface area contributed by atoms with Crippen molar-refractivity contribution in [2.45, 2.75) is 38.0 Å². The van der Waals surface area contributed by atoms with Gasteiger partial charge in [-0.15, -0.1) is 0 Å². The maximum Gasteiger partial charge on any atom is 0.417 e. The number of hydrogen-bond donors (Lipinski definition) is 1. The van der Waals surface area contributed by atoms with Crippen molar-refractivity contribution < 1.29 is 22.7 Å². The lowest BCUT2D eigenvalue weighted by molar-refractivity contribution is -0.137. The van der Waals surface area contributed by atoms with Gasteiger partial charge in [-0.25, -0.2) is 4.98 Å². The highest BCUT2D eigenvalue weighted by Gasteiger charge is 2.31. The summed E-state index contributed by atoms with van der Waals surface area (Å²) in [5.41, 5.74) is 1.10. The van der Waals surface area contributed by atoms with Crippen LogP contribution in [-0.4, -0.2) is 29.3 Å². The van der Waals surface area contributed by atoms with Gasteiger partial charge < -0.3 is 10.1 Å². The number of alkyl halides is 3. The first-order valence-electron chi connectivity index (χ1n) is 8.42. The van der Waals surface area contributed by atoms with E-state index >= 15 is 0 Å². The maximum atomic E-state index is 12.6. The summed E-state index contributed by atoms with van der Waals surface area (Å²) < 4.78 is 43.7. The minimum atomic E-state index is -4.51. The smallest absolute Gasteiger partial charge is 0.417 e. The molecule has 0 aliphatic rings. The zero-order chi connectivity index (χ0) is 20.9. The lowest BCUT2D eigenvalue weighted by Gasteiger charge is -2.17. The van der Waals surface area contributed by atoms with Crippen LogP contribution in [0.5, 0.6) is 5.75 Å². The lowest BCUT2D eigenvalue weighted by Crippen LogP contribution is -2.37. The summed E-state index contributed by atoms with van der Waals surface area (Å²) >= 11 is 6.81. The molecule has 9 heteroatoms. The van der Waals surface area contributed by atoms with Gasteiger partial charge in [0.15, 0.2) is 0 Å². The van der Waals surface area contributed by atoms with Crippen LogP contribution in [0.4, 0.5) is 13.2 Å². The maximum absolute atomic E-state index is 12.6. The highest BCUT2D eigenvalue weighted by atomic mass is 35.5. The molecule has 0 bridgehead atoms. The van der Waals surface area contributed by atoms with Crippen molar-refractivity contribution in [2.75, 3.05) is 12.4 Å². The molecule has 28 heavy (non-hydrogen) atoms. The van der Waals surface area contributed by atoms with E-state index in [-0.39, 0.29) is 27.8 Å². The van der Waals surface area contributed by atoms with Crippen molar-refractivity contribution in [3.05, 3.63) is 52.2 Å². The van der Waals surface area contributed by atoms with E-state index in [0.29, 0.717) is 12.8 Å². The van der Waals surface area contributed by atoms with E-state index in [1.807, 2.05) is 32.0 Å². The Morgan fingerprint density at radius 1 is 1.32 bits per heavy atom. The molecule has 1 N–H and O–H groups in total. The van der Waals surface area contributed by atoms with Crippen molar-refractivity contribution in [1.29, 1.82) is 0 Å². The SMILES string of the molecule is Cc1cccc(C)c1OCC(C)NC(=O)CSc1ncc(C(F)(F)F)cc1Cl. The summed E-state index contributed by atoms with van der Waals surface area (Å²) in [6.45, 7) is 5.99. The molecule has 0 fully saturated rings. The second-order valence-electron chi connectivity index (χ2n) is 6.30. The summed E-state index contributed by atoms with van der Waals surface area (Å²) in [6.07, 6.45) is -3.81. The topological polar surface area (TPSA) is 51.2 Å². The van der Waals surface area contributed by atoms with Crippen LogP contribution in [-0.2, 0) is 11.0 Å². The molecular weight excluding hydrogens is 413 g/mol. The molecule has 4 nitrogen and oxygen atoms in total. The van der Waals surface area contributed by atoms with Crippen molar-refractivity contribution in [1.82, 2.24) is 10.3 Å². The van der Waals surface area contributed by atoms with Gasteiger partial charge in [0.2, 0.25) is 5.91 Å². The number of nitrogens with one attached hydrogen (secondary N) is 1. The van der Waals surface area contributed by atoms with Gasteiger partial charge in [0.25, 0.3) is 0 Å². The molecule has 2 rings (SSSR count). The number of para-hydroxylation sites is 1. The second kappa shape index (κ2) is 9.52. The zero-order valence-corrected chi connectivity index (χ0v) is 17.1. The third-order valence-corrected chi connectivity index (χ3v) is 5.17. The first-order chi connectivity index (χ1) is 13.1. The van der Waals surface area contributed by atoms with Crippen molar-refractivity contribution in [2.24, 2.45) is 0 Å². The van der Waals surface area contributed by atoms with Gasteiger partial charge in [-0.2, -0.15) is 13.2 Å². The third kappa shape index (κ3) is 6.31. The number of carbonyl (C=O) groups excluding carboxylic acids is 1. The molecule has 0 spiro atoms. The fraction of sp³-hybridized carbons (Fsp3) is 0.368. The predicted octanol–water partition coefficient (Wildman–Crippen LogP) is 5.05. The minimum absolute atomic E-state index is 0.0220. The van der Waals surface area contributed by atoms with E-state index in [1.165, 1.54) is 0 Å². The van der Waals surface area contributed by atoms with E-state index in [4.69, 9.17) is 16.3 Å². The summed E-state index contributed by atoms with van der Waals surface area (Å²) in [7, 11) is 0. The first-order valence-corrected chi connectivity index (χ1v) is 9.78. The fourth-order valence-corrected chi connectivity index (χ4v) is 3.42. The fourth-order valence-electron chi connectivity index (χ4n) is 2.41. The van der Waals surface area contributed by atoms with Crippen molar-refractivity contribution in [3.63, 3.8) is 0 Å². The number of thioether (sulfide) groups is 1. The molecule has 1 atom stereocenters. The van der Waals surface area contributed by atoms with Crippen LogP contribution in [0.3, 0.4) is 0 Å². The zero-order valence-electron chi connectivity index (χ0n) is 15.6. The number of rotatable bonds is 7. The Balaban J connectivity index is 1.84. The molecule has 0 radical (unpaired) electrons. The third-order valence-electron chi connectivity index (χ3n) is 3.77. The van der Waals surface area contributed by atoms with E-state index in [1.54, 1.807) is 6.92 Å². The van der Waals surface area contributed by atoms with Crippen LogP contribution in [0, 0.1) is 13.8 Å². The van der Waals surface area contributed by atoms with Gasteiger partial charge in [-0.1, -0.05) is 41.6 Å². The Labute approximate surface area is 170 Å². The highest BCUT2D eigenvalue weighted by molar-refractivity contribution is 8.00. The highest BCUT2D eigenvalue weighted by Crippen LogP contribution is 2.33. The monoisotopic (exact) mass is 432 g/mol. The van der Waals surface area contributed by atoms with Crippen molar-refractivity contribution >= 4 is 29.3 Å². The van der Waals surface area contributed by atoms with Gasteiger partial charge in [0, 0.05) is 6.20 Å². The number of amides is 1. The number of aryl methyl sites for hydroxylation is 2. The molecule has 1 aromatic heterocycles. The summed E-state index contributed by atoms with van der Waals surface area (Å²) in [6, 6.07) is 6.39. The molecular formula is C19H20ClF3N2O2S. The average Bonchev–Trinajstić information content (AvgIpc) is 2.59. The number of halogens is 4. The quantitative estimate of drug-likeness (QED) is 0.622. The number of pyridine rings is 1. The van der Waals surface area contributed by atoms with Gasteiger partial charge in [0.1, 0.15) is 17.4 Å². The van der Waals surface area contributed by atoms with Crippen LogP contribution in [0.1, 0.15) is 23.6 Å². The molecule has 1 amide bonds. The number of carbonyl (C=O) groups is 1. The van der Waals surface area contributed by atoms with Gasteiger partial charge in [-0.05, 0) is 38.0 Å². The van der Waals surface area contributed by atoms with Crippen LogP contribution in [0.2, 0.25) is 5.02 Å². The van der Waals surface area contributed by atoms with Crippen molar-refractivity contribution in [3.8, 4) is 5.75 Å². The van der Waals surface area contributed by atoms with Gasteiger partial charge >= 0.3 is 6.18 Å². The second-order valence-corrected chi connectivity index (χ2v) is 7.67. The molecule has 152 valence electrons. The van der Waals surface area contributed by atoms with Crippen LogP contribution < -0.4 is 10.1 Å². The number of benzene rings is 1. The molecule has 0 saturated carbocycles. The average molecular weight is 433 g/mol. The molecule has 1 unspecified atom stereocenters. The van der Waals surface area contributed by atoms with Gasteiger partial charge in [-0.3, -0.25) is 4.79 Å². The van der Waals surface area contributed by atoms with Gasteiger partial charge in [0.05, 0.1) is 22.4 Å². The lowest BCUT2D eigenvalue weighted by atomic mass is 10.1. The summed E-state index contributed by atoms with van der Waals surface area (Å²) in [4.78, 5) is 15.8. The summed E-state index contributed by atoms with van der Waals surface area (Å²) in [5, 5.41) is 2.81. The Morgan fingerprint density at radius 3 is 2.54 bits per heavy atom. The van der Waals surface area contributed by atoms with E-state index in [2.05, 4.69) is 10.3 Å². The minimum Gasteiger partial charge on any atom is -0.491 e. The molecule has 0 aliphatic carbocycles. The number of nitrogens with zero attached hydrogens (tertiary/aromatic N) is 1. The predicted molar refractivity (Wildman–Crippen MR) is 104 cm³/mol. The Hall–Kier alpha value is -1.93. The van der Waals surface area contributed by atoms with E-state index in [0.717, 1.165) is 34.7 Å². The Morgan fingerprint density at radius 2 is 1.96 bits per heavy atom. The van der Waals surface area contributed by atoms with E-state index in [9.17, 15) is 18.0 Å². The van der Waals surface area contributed by atoms with Crippen LogP contribution in [0.25, 0.3) is 0 Å². The first kappa shape index (κ1) is 22.4. The number of hydrogen-bond acceptors (Lipinski definition) is 4. The molecule has 2 aromatic rings. The summed E-state index contributed by atoms with van der Waals surface area (Å²) in [5.74, 6) is 0.477. The normalized spacial score (nSPS) is 12.5. The Bertz CT molecular complexity index is 826. The number of ether oxygens (including phenoxy) is 1. The molecule has 1 aromatic carbocycles.